The number of fused-ring (bicyclic) bond motifs is 4. The molecule has 1 aliphatic heterocycles. The van der Waals surface area contributed by atoms with Gasteiger partial charge in [0.2, 0.25) is 18.3 Å². The molecule has 0 spiro atoms. The van der Waals surface area contributed by atoms with Crippen molar-refractivity contribution < 1.29 is 43.1 Å². The van der Waals surface area contributed by atoms with Crippen molar-refractivity contribution in [2.45, 2.75) is 33.0 Å². The third-order valence-electron chi connectivity index (χ3n) is 6.69. The maximum Gasteiger partial charge on any atom is 0.303 e. The Bertz CT molecular complexity index is 1110. The smallest absolute Gasteiger partial charge is 0.303 e. The molecule has 184 valence electrons. The number of esters is 1. The first-order chi connectivity index (χ1) is 16.3. The second-order valence-corrected chi connectivity index (χ2v) is 8.41. The van der Waals surface area contributed by atoms with Gasteiger partial charge in [-0.05, 0) is 23.6 Å². The molecule has 2 aromatic carbocycles. The van der Waals surface area contributed by atoms with Crippen LogP contribution in [0.1, 0.15) is 44.1 Å². The summed E-state index contributed by atoms with van der Waals surface area (Å²) in [4.78, 5) is 12.2. The minimum absolute atomic E-state index is 0.0251. The second-order valence-electron chi connectivity index (χ2n) is 8.41. The molecule has 9 nitrogen and oxygen atoms in total. The Balaban J connectivity index is 2.21. The zero-order chi connectivity index (χ0) is 24.7. The predicted octanol–water partition coefficient (Wildman–Crippen LogP) is 4.04. The monoisotopic (exact) mass is 474 g/mol. The van der Waals surface area contributed by atoms with Gasteiger partial charge in [0.15, 0.2) is 23.0 Å². The van der Waals surface area contributed by atoms with Crippen LogP contribution in [0.5, 0.6) is 34.5 Å². The summed E-state index contributed by atoms with van der Waals surface area (Å²) in [6, 6.07) is 3.54. The maximum absolute atomic E-state index is 12.2. The fourth-order valence-corrected chi connectivity index (χ4v) is 4.85. The minimum Gasteiger partial charge on any atom is -0.493 e. The van der Waals surface area contributed by atoms with E-state index in [1.165, 1.54) is 35.4 Å². The van der Waals surface area contributed by atoms with Crippen molar-refractivity contribution >= 4 is 5.97 Å². The summed E-state index contributed by atoms with van der Waals surface area (Å²) in [5.74, 6) is 1.37. The summed E-state index contributed by atoms with van der Waals surface area (Å²) in [5.41, 5.74) is 2.31. The number of hydrogen-bond acceptors (Lipinski definition) is 9. The van der Waals surface area contributed by atoms with Gasteiger partial charge in [-0.3, -0.25) is 4.79 Å². The van der Waals surface area contributed by atoms with Gasteiger partial charge in [-0.1, -0.05) is 13.8 Å². The fraction of sp³-hybridized carbons (Fsp3) is 0.480. The van der Waals surface area contributed by atoms with Gasteiger partial charge in [0.25, 0.3) is 0 Å². The second kappa shape index (κ2) is 9.13. The fourth-order valence-electron chi connectivity index (χ4n) is 4.85. The zero-order valence-electron chi connectivity index (χ0n) is 20.4. The molecule has 2 aromatic rings. The summed E-state index contributed by atoms with van der Waals surface area (Å²) in [6.45, 7) is 5.23. The van der Waals surface area contributed by atoms with E-state index in [2.05, 4.69) is 0 Å². The molecule has 0 bridgehead atoms. The molecule has 1 heterocycles. The highest BCUT2D eigenvalue weighted by Gasteiger charge is 2.42. The number of rotatable bonds is 5. The van der Waals surface area contributed by atoms with Gasteiger partial charge in [-0.15, -0.1) is 0 Å². The van der Waals surface area contributed by atoms with E-state index in [-0.39, 0.29) is 18.6 Å². The number of methoxy groups -OCH3 is 4. The molecule has 0 saturated carbocycles. The van der Waals surface area contributed by atoms with E-state index >= 15 is 0 Å². The number of aliphatic hydroxyl groups excluding tert-OH is 1. The summed E-state index contributed by atoms with van der Waals surface area (Å²) in [6.07, 6.45) is -1.65. The molecule has 34 heavy (non-hydrogen) atoms. The third-order valence-corrected chi connectivity index (χ3v) is 6.69. The zero-order valence-corrected chi connectivity index (χ0v) is 20.4. The van der Waals surface area contributed by atoms with Crippen molar-refractivity contribution in [3.05, 3.63) is 23.3 Å². The molecule has 0 radical (unpaired) electrons. The van der Waals surface area contributed by atoms with Gasteiger partial charge in [-0.2, -0.15) is 0 Å². The maximum atomic E-state index is 12.2. The summed E-state index contributed by atoms with van der Waals surface area (Å²) >= 11 is 0. The van der Waals surface area contributed by atoms with Crippen LogP contribution in [-0.4, -0.2) is 46.3 Å². The Kier molecular flexibility index (Phi) is 6.40. The highest BCUT2D eigenvalue weighted by molar-refractivity contribution is 5.89. The molecule has 0 unspecified atom stereocenters. The molecular weight excluding hydrogens is 444 g/mol. The SMILES string of the molecule is COc1cc2c(c(OC)c1OC)-c1c(cc3c(c1OC)OCO3)[C@H](OC(C)=O)[C@H](C)[C@H](C)[C@@H]2O. The largest absolute Gasteiger partial charge is 0.493 e. The van der Waals surface area contributed by atoms with E-state index in [1.54, 1.807) is 12.1 Å². The van der Waals surface area contributed by atoms with Crippen LogP contribution in [0.25, 0.3) is 11.1 Å². The van der Waals surface area contributed by atoms with Crippen LogP contribution in [0.4, 0.5) is 0 Å². The predicted molar refractivity (Wildman–Crippen MR) is 122 cm³/mol. The van der Waals surface area contributed by atoms with Crippen LogP contribution in [0.15, 0.2) is 12.1 Å². The number of benzene rings is 2. The highest BCUT2D eigenvalue weighted by atomic mass is 16.7. The highest BCUT2D eigenvalue weighted by Crippen LogP contribution is 2.60. The van der Waals surface area contributed by atoms with Crippen LogP contribution in [-0.2, 0) is 9.53 Å². The molecule has 9 heteroatoms. The molecule has 2 aliphatic rings. The van der Waals surface area contributed by atoms with Gasteiger partial charge < -0.3 is 38.3 Å². The topological polar surface area (TPSA) is 102 Å². The third kappa shape index (κ3) is 3.55. The van der Waals surface area contributed by atoms with Gasteiger partial charge in [-0.25, -0.2) is 0 Å². The average molecular weight is 475 g/mol. The van der Waals surface area contributed by atoms with E-state index < -0.39 is 18.2 Å². The van der Waals surface area contributed by atoms with E-state index in [0.29, 0.717) is 56.8 Å². The first kappa shape index (κ1) is 23.8. The summed E-state index contributed by atoms with van der Waals surface area (Å²) < 4.78 is 40.1. The lowest BCUT2D eigenvalue weighted by molar-refractivity contribution is -0.151. The molecule has 0 fully saturated rings. The number of carbonyl (C=O) groups excluding carboxylic acids is 1. The van der Waals surface area contributed by atoms with E-state index in [1.807, 2.05) is 13.8 Å². The molecule has 1 N–H and O–H groups in total. The minimum atomic E-state index is -0.944. The molecular formula is C25H30O9. The van der Waals surface area contributed by atoms with E-state index in [9.17, 15) is 9.90 Å². The van der Waals surface area contributed by atoms with Crippen LogP contribution < -0.4 is 28.4 Å². The Hall–Kier alpha value is -3.33. The van der Waals surface area contributed by atoms with Crippen molar-refractivity contribution in [1.82, 2.24) is 0 Å². The first-order valence-corrected chi connectivity index (χ1v) is 11.0. The van der Waals surface area contributed by atoms with Crippen molar-refractivity contribution in [3.63, 3.8) is 0 Å². The van der Waals surface area contributed by atoms with Crippen LogP contribution >= 0.6 is 0 Å². The van der Waals surface area contributed by atoms with Crippen LogP contribution in [0, 0.1) is 11.8 Å². The molecule has 0 amide bonds. The van der Waals surface area contributed by atoms with Crippen molar-refractivity contribution in [1.29, 1.82) is 0 Å². The Morgan fingerprint density at radius 1 is 0.882 bits per heavy atom. The molecule has 4 atom stereocenters. The Morgan fingerprint density at radius 3 is 2.12 bits per heavy atom. The van der Waals surface area contributed by atoms with Crippen LogP contribution in [0.2, 0.25) is 0 Å². The first-order valence-electron chi connectivity index (χ1n) is 11.0. The van der Waals surface area contributed by atoms with Gasteiger partial charge >= 0.3 is 5.97 Å². The van der Waals surface area contributed by atoms with E-state index in [4.69, 9.17) is 33.2 Å². The van der Waals surface area contributed by atoms with Crippen LogP contribution in [0.3, 0.4) is 0 Å². The molecule has 1 aliphatic carbocycles. The van der Waals surface area contributed by atoms with Crippen molar-refractivity contribution in [3.8, 4) is 45.6 Å². The van der Waals surface area contributed by atoms with Gasteiger partial charge in [0, 0.05) is 29.5 Å². The lowest BCUT2D eigenvalue weighted by Crippen LogP contribution is -2.28. The van der Waals surface area contributed by atoms with Gasteiger partial charge in [0.05, 0.1) is 34.5 Å². The lowest BCUT2D eigenvalue weighted by atomic mass is 9.74. The summed E-state index contributed by atoms with van der Waals surface area (Å²) in [7, 11) is 6.06. The number of aliphatic hydroxyl groups is 1. The lowest BCUT2D eigenvalue weighted by Gasteiger charge is -2.37. The molecule has 0 saturated heterocycles. The van der Waals surface area contributed by atoms with Crippen molar-refractivity contribution in [2.75, 3.05) is 35.2 Å². The normalized spacial score (nSPS) is 22.6. The van der Waals surface area contributed by atoms with Crippen molar-refractivity contribution in [2.24, 2.45) is 11.8 Å². The Morgan fingerprint density at radius 2 is 1.53 bits per heavy atom. The number of hydrogen-bond donors (Lipinski definition) is 1. The van der Waals surface area contributed by atoms with Gasteiger partial charge in [0.1, 0.15) is 6.10 Å². The Labute approximate surface area is 198 Å². The van der Waals surface area contributed by atoms with E-state index in [0.717, 1.165) is 0 Å². The molecule has 0 aromatic heterocycles. The average Bonchev–Trinajstić information content (AvgIpc) is 3.31. The standard InChI is InChI=1S/C25H30O9/c1-11-12(2)21(34-13(3)26)15-9-17-23(33-10-32-17)25(31-7)19(15)18-14(20(11)27)8-16(28-4)22(29-5)24(18)30-6/h8-9,11-12,20-21,27H,10H2,1-7H3/t11-,12+,20-,21+/m0/s1. The molecule has 4 rings (SSSR count). The summed E-state index contributed by atoms with van der Waals surface area (Å²) in [5, 5.41) is 11.6. The quantitative estimate of drug-likeness (QED) is 0.643. The number of carbonyl (C=O) groups is 1. The number of ether oxygens (including phenoxy) is 7.